The van der Waals surface area contributed by atoms with Crippen LogP contribution in [0.15, 0.2) is 48.5 Å². The molecule has 0 atom stereocenters. The van der Waals surface area contributed by atoms with Gasteiger partial charge in [-0.15, -0.1) is 0 Å². The maximum absolute atomic E-state index is 13.0. The number of aromatic amines is 1. The van der Waals surface area contributed by atoms with Crippen molar-refractivity contribution in [3.63, 3.8) is 0 Å². The lowest BCUT2D eigenvalue weighted by Gasteiger charge is -2.27. The van der Waals surface area contributed by atoms with Crippen molar-refractivity contribution in [3.8, 4) is 0 Å². The van der Waals surface area contributed by atoms with Crippen molar-refractivity contribution < 1.29 is 4.79 Å². The van der Waals surface area contributed by atoms with Crippen molar-refractivity contribution in [2.45, 2.75) is 39.8 Å². The Hall–Kier alpha value is -2.26. The fraction of sp³-hybridized carbons (Fsp3) is 0.286. The molecule has 0 saturated heterocycles. The molecule has 0 aliphatic carbocycles. The van der Waals surface area contributed by atoms with E-state index in [4.69, 9.17) is 11.6 Å². The molecule has 0 spiro atoms. The molecule has 4 heteroatoms. The van der Waals surface area contributed by atoms with Gasteiger partial charge in [-0.2, -0.15) is 0 Å². The number of halogens is 1. The molecule has 0 bridgehead atoms. The molecule has 3 nitrogen and oxygen atoms in total. The third-order valence-corrected chi connectivity index (χ3v) is 4.78. The Kier molecular flexibility index (Phi) is 5.14. The minimum absolute atomic E-state index is 0.128. The van der Waals surface area contributed by atoms with E-state index in [-0.39, 0.29) is 11.9 Å². The second-order valence-electron chi connectivity index (χ2n) is 6.70. The molecular formula is C21H23ClN2O. The molecule has 1 N–H and O–H groups in total. The number of carbonyl (C=O) groups is 1. The average molecular weight is 355 g/mol. The van der Waals surface area contributed by atoms with Crippen LogP contribution >= 0.6 is 11.6 Å². The number of hydrogen-bond acceptors (Lipinski definition) is 1. The van der Waals surface area contributed by atoms with E-state index < -0.39 is 0 Å². The maximum Gasteiger partial charge on any atom is 0.227 e. The number of nitrogens with one attached hydrogen (secondary N) is 1. The lowest BCUT2D eigenvalue weighted by atomic mass is 10.1. The second-order valence-corrected chi connectivity index (χ2v) is 7.13. The van der Waals surface area contributed by atoms with Crippen molar-refractivity contribution in [1.29, 1.82) is 0 Å². The van der Waals surface area contributed by atoms with E-state index in [0.29, 0.717) is 18.0 Å². The molecule has 1 amide bonds. The van der Waals surface area contributed by atoms with Gasteiger partial charge < -0.3 is 9.88 Å². The summed E-state index contributed by atoms with van der Waals surface area (Å²) < 4.78 is 0. The zero-order chi connectivity index (χ0) is 18.0. The lowest BCUT2D eigenvalue weighted by Crippen LogP contribution is -2.37. The van der Waals surface area contributed by atoms with E-state index in [0.717, 1.165) is 27.7 Å². The molecule has 1 heterocycles. The third kappa shape index (κ3) is 3.88. The molecular weight excluding hydrogens is 332 g/mol. The summed E-state index contributed by atoms with van der Waals surface area (Å²) in [5, 5.41) is 1.71. The second kappa shape index (κ2) is 7.32. The van der Waals surface area contributed by atoms with Gasteiger partial charge in [-0.05, 0) is 50.1 Å². The van der Waals surface area contributed by atoms with Gasteiger partial charge in [0.15, 0.2) is 0 Å². The first-order chi connectivity index (χ1) is 12.0. The van der Waals surface area contributed by atoms with E-state index in [2.05, 4.69) is 31.0 Å². The molecule has 2 aromatic carbocycles. The highest BCUT2D eigenvalue weighted by atomic mass is 35.5. The van der Waals surface area contributed by atoms with Crippen LogP contribution in [0.25, 0.3) is 10.9 Å². The smallest absolute Gasteiger partial charge is 0.227 e. The molecule has 0 fully saturated rings. The van der Waals surface area contributed by atoms with Crippen molar-refractivity contribution in [3.05, 3.63) is 70.4 Å². The summed E-state index contributed by atoms with van der Waals surface area (Å²) in [6.45, 7) is 6.74. The Labute approximate surface area is 153 Å². The van der Waals surface area contributed by atoms with Crippen LogP contribution in [-0.4, -0.2) is 21.8 Å². The minimum atomic E-state index is 0.128. The number of fused-ring (bicyclic) bond motifs is 1. The van der Waals surface area contributed by atoms with Crippen molar-refractivity contribution in [1.82, 2.24) is 9.88 Å². The van der Waals surface area contributed by atoms with Gasteiger partial charge in [0.1, 0.15) is 0 Å². The van der Waals surface area contributed by atoms with Gasteiger partial charge in [0.25, 0.3) is 0 Å². The average Bonchev–Trinajstić information content (AvgIpc) is 2.88. The maximum atomic E-state index is 13.0. The van der Waals surface area contributed by atoms with Gasteiger partial charge in [0.05, 0.1) is 6.42 Å². The minimum Gasteiger partial charge on any atom is -0.358 e. The van der Waals surface area contributed by atoms with Crippen LogP contribution < -0.4 is 0 Å². The van der Waals surface area contributed by atoms with Crippen LogP contribution in [0.3, 0.4) is 0 Å². The number of hydrogen-bond donors (Lipinski definition) is 1. The fourth-order valence-corrected chi connectivity index (χ4v) is 3.35. The zero-order valence-corrected chi connectivity index (χ0v) is 15.6. The lowest BCUT2D eigenvalue weighted by molar-refractivity contribution is -0.132. The van der Waals surface area contributed by atoms with Gasteiger partial charge in [0.2, 0.25) is 5.91 Å². The topological polar surface area (TPSA) is 36.1 Å². The van der Waals surface area contributed by atoms with Crippen LogP contribution in [-0.2, 0) is 17.8 Å². The molecule has 130 valence electrons. The zero-order valence-electron chi connectivity index (χ0n) is 14.8. The molecule has 0 unspecified atom stereocenters. The summed E-state index contributed by atoms with van der Waals surface area (Å²) in [4.78, 5) is 18.3. The quantitative estimate of drug-likeness (QED) is 0.679. The molecule has 3 rings (SSSR count). The van der Waals surface area contributed by atoms with Gasteiger partial charge >= 0.3 is 0 Å². The number of benzene rings is 2. The highest BCUT2D eigenvalue weighted by Crippen LogP contribution is 2.26. The fourth-order valence-electron chi connectivity index (χ4n) is 3.17. The first kappa shape index (κ1) is 17.6. The van der Waals surface area contributed by atoms with E-state index in [1.54, 1.807) is 0 Å². The Balaban J connectivity index is 1.87. The van der Waals surface area contributed by atoms with Gasteiger partial charge in [-0.3, -0.25) is 4.79 Å². The number of rotatable bonds is 5. The van der Waals surface area contributed by atoms with E-state index in [1.807, 2.05) is 48.2 Å². The summed E-state index contributed by atoms with van der Waals surface area (Å²) >= 11 is 6.15. The standard InChI is InChI=1S/C21H23ClN2O/c1-14(2)24(13-16-7-5-4-6-8-16)21(25)12-18-15(3)23-20-10-9-17(22)11-19(18)20/h4-11,14,23H,12-13H2,1-3H3. The summed E-state index contributed by atoms with van der Waals surface area (Å²) in [6.07, 6.45) is 0.372. The van der Waals surface area contributed by atoms with Crippen LogP contribution in [0.4, 0.5) is 0 Å². The largest absolute Gasteiger partial charge is 0.358 e. The van der Waals surface area contributed by atoms with Crippen LogP contribution in [0, 0.1) is 6.92 Å². The van der Waals surface area contributed by atoms with Crippen LogP contribution in [0.2, 0.25) is 5.02 Å². The highest BCUT2D eigenvalue weighted by molar-refractivity contribution is 6.31. The highest BCUT2D eigenvalue weighted by Gasteiger charge is 2.20. The van der Waals surface area contributed by atoms with Gasteiger partial charge in [-0.25, -0.2) is 0 Å². The van der Waals surface area contributed by atoms with Gasteiger partial charge in [-0.1, -0.05) is 41.9 Å². The Morgan fingerprint density at radius 2 is 1.88 bits per heavy atom. The molecule has 0 radical (unpaired) electrons. The van der Waals surface area contributed by atoms with E-state index in [1.165, 1.54) is 0 Å². The predicted molar refractivity (Wildman–Crippen MR) is 104 cm³/mol. The molecule has 0 saturated carbocycles. The number of aromatic nitrogens is 1. The third-order valence-electron chi connectivity index (χ3n) is 4.55. The summed E-state index contributed by atoms with van der Waals surface area (Å²) in [7, 11) is 0. The molecule has 0 aliphatic heterocycles. The Bertz CT molecular complexity index is 884. The van der Waals surface area contributed by atoms with Crippen LogP contribution in [0.5, 0.6) is 0 Å². The summed E-state index contributed by atoms with van der Waals surface area (Å²) in [5.41, 5.74) is 4.21. The number of H-pyrrole nitrogens is 1. The SMILES string of the molecule is Cc1[nH]c2ccc(Cl)cc2c1CC(=O)N(Cc1ccccc1)C(C)C. The first-order valence-corrected chi connectivity index (χ1v) is 8.93. The van der Waals surface area contributed by atoms with Crippen molar-refractivity contribution >= 4 is 28.4 Å². The number of amides is 1. The molecule has 25 heavy (non-hydrogen) atoms. The van der Waals surface area contributed by atoms with Gasteiger partial charge in [0, 0.05) is 34.2 Å². The van der Waals surface area contributed by atoms with Crippen molar-refractivity contribution in [2.75, 3.05) is 0 Å². The number of nitrogens with zero attached hydrogens (tertiary/aromatic N) is 1. The molecule has 0 aliphatic rings. The van der Waals surface area contributed by atoms with E-state index in [9.17, 15) is 4.79 Å². The van der Waals surface area contributed by atoms with E-state index >= 15 is 0 Å². The first-order valence-electron chi connectivity index (χ1n) is 8.56. The van der Waals surface area contributed by atoms with Crippen molar-refractivity contribution in [2.24, 2.45) is 0 Å². The number of aryl methyl sites for hydroxylation is 1. The monoisotopic (exact) mass is 354 g/mol. The molecule has 1 aromatic heterocycles. The molecule has 3 aromatic rings. The summed E-state index contributed by atoms with van der Waals surface area (Å²) in [5.74, 6) is 0.128. The Morgan fingerprint density at radius 3 is 2.56 bits per heavy atom. The number of carbonyl (C=O) groups excluding carboxylic acids is 1. The normalized spacial score (nSPS) is 11.2. The van der Waals surface area contributed by atoms with Crippen LogP contribution in [0.1, 0.15) is 30.7 Å². The Morgan fingerprint density at radius 1 is 1.16 bits per heavy atom. The predicted octanol–water partition coefficient (Wildman–Crippen LogP) is 5.11. The summed E-state index contributed by atoms with van der Waals surface area (Å²) in [6, 6.07) is 16.0.